The van der Waals surface area contributed by atoms with Crippen molar-refractivity contribution in [2.75, 3.05) is 12.8 Å². The Morgan fingerprint density at radius 1 is 1.44 bits per heavy atom. The number of anilines is 1. The summed E-state index contributed by atoms with van der Waals surface area (Å²) in [7, 11) is 3.48. The Hall–Kier alpha value is -1.47. The van der Waals surface area contributed by atoms with Gasteiger partial charge in [0.1, 0.15) is 5.82 Å². The van der Waals surface area contributed by atoms with Gasteiger partial charge in [-0.2, -0.15) is 5.10 Å². The third kappa shape index (κ3) is 2.23. The van der Waals surface area contributed by atoms with E-state index in [4.69, 9.17) is 10.5 Å². The molecule has 18 heavy (non-hydrogen) atoms. The number of nitrogens with two attached hydrogens (primary N) is 1. The Morgan fingerprint density at radius 3 is 2.72 bits per heavy atom. The minimum atomic E-state index is 0.375. The third-order valence-corrected chi connectivity index (χ3v) is 3.57. The molecule has 2 heterocycles. The van der Waals surface area contributed by atoms with Crippen molar-refractivity contribution in [2.24, 2.45) is 7.05 Å². The molecular weight excluding hydrogens is 298 g/mol. The van der Waals surface area contributed by atoms with Gasteiger partial charge in [-0.15, -0.1) is 0 Å². The Kier molecular flexibility index (Phi) is 3.63. The van der Waals surface area contributed by atoms with Crippen molar-refractivity contribution in [1.82, 2.24) is 19.7 Å². The average molecular weight is 312 g/mol. The van der Waals surface area contributed by atoms with Crippen LogP contribution in [0.4, 0.5) is 5.82 Å². The SMILES string of the molecule is COCc1nc(-c2cnn(C)c2C)nc(N)c1Br. The monoisotopic (exact) mass is 311 g/mol. The van der Waals surface area contributed by atoms with Gasteiger partial charge >= 0.3 is 0 Å². The van der Waals surface area contributed by atoms with Gasteiger partial charge < -0.3 is 10.5 Å². The van der Waals surface area contributed by atoms with Gasteiger partial charge in [0.05, 0.1) is 28.5 Å². The van der Waals surface area contributed by atoms with Gasteiger partial charge in [-0.1, -0.05) is 0 Å². The number of hydrogen-bond donors (Lipinski definition) is 1. The number of halogens is 1. The summed E-state index contributed by atoms with van der Waals surface area (Å²) in [6, 6.07) is 0. The summed E-state index contributed by atoms with van der Waals surface area (Å²) in [6.07, 6.45) is 1.73. The zero-order valence-corrected chi connectivity index (χ0v) is 12.0. The smallest absolute Gasteiger partial charge is 0.165 e. The molecule has 0 amide bonds. The molecule has 2 aromatic rings. The lowest BCUT2D eigenvalue weighted by Gasteiger charge is -2.08. The maximum Gasteiger partial charge on any atom is 0.165 e. The summed E-state index contributed by atoms with van der Waals surface area (Å²) in [4.78, 5) is 8.72. The van der Waals surface area contributed by atoms with Crippen molar-refractivity contribution in [1.29, 1.82) is 0 Å². The van der Waals surface area contributed by atoms with Gasteiger partial charge in [0.2, 0.25) is 0 Å². The average Bonchev–Trinajstić information content (AvgIpc) is 2.66. The van der Waals surface area contributed by atoms with Gasteiger partial charge in [0.25, 0.3) is 0 Å². The molecule has 0 aromatic carbocycles. The fourth-order valence-corrected chi connectivity index (χ4v) is 1.88. The predicted molar refractivity (Wildman–Crippen MR) is 71.8 cm³/mol. The van der Waals surface area contributed by atoms with E-state index in [-0.39, 0.29) is 0 Å². The Morgan fingerprint density at radius 2 is 2.17 bits per heavy atom. The van der Waals surface area contributed by atoms with E-state index in [0.717, 1.165) is 17.0 Å². The van der Waals surface area contributed by atoms with E-state index >= 15 is 0 Å². The van der Waals surface area contributed by atoms with Crippen molar-refractivity contribution in [3.05, 3.63) is 22.1 Å². The number of hydrogen-bond acceptors (Lipinski definition) is 5. The Bertz CT molecular complexity index is 581. The quantitative estimate of drug-likeness (QED) is 0.933. The van der Waals surface area contributed by atoms with E-state index in [0.29, 0.717) is 22.7 Å². The highest BCUT2D eigenvalue weighted by atomic mass is 79.9. The summed E-state index contributed by atoms with van der Waals surface area (Å²) in [6.45, 7) is 2.33. The highest BCUT2D eigenvalue weighted by molar-refractivity contribution is 9.10. The largest absolute Gasteiger partial charge is 0.383 e. The molecule has 0 aliphatic heterocycles. The molecule has 0 aliphatic carbocycles. The first-order valence-electron chi connectivity index (χ1n) is 5.34. The van der Waals surface area contributed by atoms with Crippen LogP contribution in [0, 0.1) is 6.92 Å². The van der Waals surface area contributed by atoms with Crippen molar-refractivity contribution < 1.29 is 4.74 Å². The Balaban J connectivity index is 2.55. The molecular formula is C11H14BrN5O. The molecule has 96 valence electrons. The summed E-state index contributed by atoms with van der Waals surface area (Å²) in [5, 5.41) is 4.17. The summed E-state index contributed by atoms with van der Waals surface area (Å²) in [5.74, 6) is 0.962. The van der Waals surface area contributed by atoms with E-state index in [2.05, 4.69) is 31.0 Å². The minimum absolute atomic E-state index is 0.375. The summed E-state index contributed by atoms with van der Waals surface area (Å²) in [5.41, 5.74) is 8.45. The van der Waals surface area contributed by atoms with Crippen molar-refractivity contribution >= 4 is 21.7 Å². The van der Waals surface area contributed by atoms with Gasteiger partial charge in [0.15, 0.2) is 5.82 Å². The molecule has 0 radical (unpaired) electrons. The number of aromatic nitrogens is 4. The van der Waals surface area contributed by atoms with Crippen LogP contribution < -0.4 is 5.73 Å². The number of ether oxygens (including phenoxy) is 1. The fourth-order valence-electron chi connectivity index (χ4n) is 1.58. The topological polar surface area (TPSA) is 78.9 Å². The minimum Gasteiger partial charge on any atom is -0.383 e. The van der Waals surface area contributed by atoms with E-state index in [1.165, 1.54) is 0 Å². The molecule has 2 rings (SSSR count). The zero-order chi connectivity index (χ0) is 13.3. The normalized spacial score (nSPS) is 10.9. The second kappa shape index (κ2) is 5.03. The standard InChI is InChI=1S/C11H14BrN5O/c1-6-7(4-14-17(6)2)11-15-8(5-18-3)9(12)10(13)16-11/h4H,5H2,1-3H3,(H2,13,15,16). The van der Waals surface area contributed by atoms with E-state index < -0.39 is 0 Å². The maximum atomic E-state index is 5.87. The summed E-state index contributed by atoms with van der Waals surface area (Å²) < 4.78 is 7.54. The van der Waals surface area contributed by atoms with E-state index in [9.17, 15) is 0 Å². The van der Waals surface area contributed by atoms with Crippen LogP contribution >= 0.6 is 15.9 Å². The van der Waals surface area contributed by atoms with Crippen molar-refractivity contribution in [3.63, 3.8) is 0 Å². The molecule has 2 N–H and O–H groups in total. The second-order valence-corrected chi connectivity index (χ2v) is 4.69. The predicted octanol–water partition coefficient (Wildman–Crippen LogP) is 1.68. The van der Waals surface area contributed by atoms with Crippen LogP contribution in [0.1, 0.15) is 11.4 Å². The van der Waals surface area contributed by atoms with E-state index in [1.54, 1.807) is 18.0 Å². The van der Waals surface area contributed by atoms with E-state index in [1.807, 2.05) is 14.0 Å². The molecule has 7 heteroatoms. The van der Waals surface area contributed by atoms with Gasteiger partial charge in [-0.3, -0.25) is 4.68 Å². The maximum absolute atomic E-state index is 5.87. The lowest BCUT2D eigenvalue weighted by molar-refractivity contribution is 0.181. The molecule has 0 saturated heterocycles. The molecule has 0 bridgehead atoms. The summed E-state index contributed by atoms with van der Waals surface area (Å²) >= 11 is 3.36. The molecule has 6 nitrogen and oxygen atoms in total. The molecule has 0 unspecified atom stereocenters. The van der Waals surface area contributed by atoms with Crippen molar-refractivity contribution in [3.8, 4) is 11.4 Å². The highest BCUT2D eigenvalue weighted by Crippen LogP contribution is 2.26. The molecule has 0 atom stereocenters. The zero-order valence-electron chi connectivity index (χ0n) is 10.4. The lowest BCUT2D eigenvalue weighted by Crippen LogP contribution is -2.04. The van der Waals surface area contributed by atoms with Crippen molar-refractivity contribution in [2.45, 2.75) is 13.5 Å². The van der Waals surface area contributed by atoms with Crippen LogP contribution in [0.25, 0.3) is 11.4 Å². The van der Waals surface area contributed by atoms with Gasteiger partial charge in [0, 0.05) is 19.9 Å². The highest BCUT2D eigenvalue weighted by Gasteiger charge is 2.14. The third-order valence-electron chi connectivity index (χ3n) is 2.70. The van der Waals surface area contributed by atoms with Gasteiger partial charge in [-0.05, 0) is 22.9 Å². The number of methoxy groups -OCH3 is 1. The van der Waals surface area contributed by atoms with Crippen LogP contribution in [-0.4, -0.2) is 26.9 Å². The van der Waals surface area contributed by atoms with Crippen LogP contribution in [0.2, 0.25) is 0 Å². The Labute approximate surface area is 113 Å². The molecule has 0 saturated carbocycles. The van der Waals surface area contributed by atoms with Gasteiger partial charge in [-0.25, -0.2) is 9.97 Å². The first kappa shape index (κ1) is 13.0. The van der Waals surface area contributed by atoms with Crippen LogP contribution in [0.3, 0.4) is 0 Å². The first-order chi connectivity index (χ1) is 8.54. The molecule has 0 fully saturated rings. The van der Waals surface area contributed by atoms with Crippen LogP contribution in [0.5, 0.6) is 0 Å². The molecule has 2 aromatic heterocycles. The fraction of sp³-hybridized carbons (Fsp3) is 0.364. The second-order valence-electron chi connectivity index (χ2n) is 3.89. The lowest BCUT2D eigenvalue weighted by atomic mass is 10.2. The first-order valence-corrected chi connectivity index (χ1v) is 6.13. The molecule has 0 aliphatic rings. The van der Waals surface area contributed by atoms with Crippen LogP contribution in [-0.2, 0) is 18.4 Å². The van der Waals surface area contributed by atoms with Crippen LogP contribution in [0.15, 0.2) is 10.7 Å². The number of nitrogen functional groups attached to an aromatic ring is 1. The molecule has 0 spiro atoms. The number of nitrogens with zero attached hydrogens (tertiary/aromatic N) is 4. The number of rotatable bonds is 3. The number of aryl methyl sites for hydroxylation is 1.